The molecule has 3 aromatic heterocycles. The van der Waals surface area contributed by atoms with Crippen LogP contribution in [-0.2, 0) is 0 Å². The van der Waals surface area contributed by atoms with Crippen LogP contribution in [-0.4, -0.2) is 27.6 Å². The Balaban J connectivity index is 1.08. The Morgan fingerprint density at radius 3 is 1.86 bits per heavy atom. The molecule has 0 amide bonds. The van der Waals surface area contributed by atoms with E-state index >= 15 is 0 Å². The lowest BCUT2D eigenvalue weighted by atomic mass is 10.0. The molecule has 0 fully saturated rings. The van der Waals surface area contributed by atoms with Gasteiger partial charge in [-0.1, -0.05) is 165 Å². The summed E-state index contributed by atoms with van der Waals surface area (Å²) >= 11 is 1.87. The van der Waals surface area contributed by atoms with Gasteiger partial charge in [0.05, 0.1) is 16.7 Å². The van der Waals surface area contributed by atoms with Crippen molar-refractivity contribution in [1.82, 2.24) is 19.5 Å². The molecule has 0 saturated heterocycles. The van der Waals surface area contributed by atoms with Gasteiger partial charge < -0.3 is 4.57 Å². The summed E-state index contributed by atoms with van der Waals surface area (Å²) in [6.45, 7) is 4.90. The van der Waals surface area contributed by atoms with Gasteiger partial charge in [0.15, 0.2) is 17.5 Å². The van der Waals surface area contributed by atoms with Gasteiger partial charge in [0.2, 0.25) is 0 Å². The number of benzene rings is 8. The SMILES string of the molecule is C[Si]1(C)c2ccccc2-c2ccc(-c3nc(-c4ccccc4)nc(-c4ccccc4-n4c5ccccc5c5cc6c(cc54)sc4c(-c5ccccc5)cccc46)n3)cc21. The lowest BCUT2D eigenvalue weighted by molar-refractivity contribution is 1.06. The van der Waals surface area contributed by atoms with Gasteiger partial charge in [-0.3, -0.25) is 0 Å². The predicted octanol–water partition coefficient (Wildman–Crippen LogP) is 12.8. The van der Waals surface area contributed by atoms with E-state index in [4.69, 9.17) is 15.0 Å². The van der Waals surface area contributed by atoms with Crippen LogP contribution in [0.15, 0.2) is 182 Å². The normalized spacial score (nSPS) is 13.1. The summed E-state index contributed by atoms with van der Waals surface area (Å²) in [6, 6.07) is 65.6. The van der Waals surface area contributed by atoms with Crippen LogP contribution >= 0.6 is 11.3 Å². The van der Waals surface area contributed by atoms with E-state index < -0.39 is 8.07 Å². The van der Waals surface area contributed by atoms with Crippen LogP contribution in [0.25, 0.3) is 104 Å². The highest BCUT2D eigenvalue weighted by Gasteiger charge is 2.37. The van der Waals surface area contributed by atoms with Crippen molar-refractivity contribution in [3.8, 4) is 62.1 Å². The van der Waals surface area contributed by atoms with Gasteiger partial charge in [0.25, 0.3) is 0 Å². The first-order valence-electron chi connectivity index (χ1n) is 20.1. The molecule has 11 aromatic rings. The summed E-state index contributed by atoms with van der Waals surface area (Å²) in [5.41, 5.74) is 11.4. The van der Waals surface area contributed by atoms with E-state index in [1.807, 2.05) is 29.5 Å². The summed E-state index contributed by atoms with van der Waals surface area (Å²) in [4.78, 5) is 15.8. The fourth-order valence-corrected chi connectivity index (χ4v) is 13.8. The molecule has 6 heteroatoms. The first kappa shape index (κ1) is 34.1. The number of hydrogen-bond acceptors (Lipinski definition) is 4. The number of para-hydroxylation sites is 2. The quantitative estimate of drug-likeness (QED) is 0.163. The molecule has 59 heavy (non-hydrogen) atoms. The van der Waals surface area contributed by atoms with Crippen molar-refractivity contribution >= 4 is 71.8 Å². The molecule has 12 rings (SSSR count). The van der Waals surface area contributed by atoms with Gasteiger partial charge in [-0.2, -0.15) is 0 Å². The molecule has 0 saturated carbocycles. The highest BCUT2D eigenvalue weighted by molar-refractivity contribution is 7.26. The third kappa shape index (κ3) is 5.23. The van der Waals surface area contributed by atoms with Gasteiger partial charge in [-0.05, 0) is 63.0 Å². The first-order valence-corrected chi connectivity index (χ1v) is 23.9. The van der Waals surface area contributed by atoms with Crippen molar-refractivity contribution in [1.29, 1.82) is 0 Å². The number of fused-ring (bicyclic) bond motifs is 9. The highest BCUT2D eigenvalue weighted by Crippen LogP contribution is 2.44. The number of aromatic nitrogens is 4. The molecule has 0 radical (unpaired) electrons. The smallest absolute Gasteiger partial charge is 0.166 e. The van der Waals surface area contributed by atoms with Crippen molar-refractivity contribution in [3.63, 3.8) is 0 Å². The summed E-state index contributed by atoms with van der Waals surface area (Å²) in [6.07, 6.45) is 0. The van der Waals surface area contributed by atoms with Gasteiger partial charge in [-0.15, -0.1) is 11.3 Å². The Morgan fingerprint density at radius 1 is 0.407 bits per heavy atom. The van der Waals surface area contributed by atoms with E-state index in [0.29, 0.717) is 17.5 Å². The molecule has 1 aliphatic heterocycles. The molecular weight excluding hydrogens is 753 g/mol. The zero-order valence-corrected chi connectivity index (χ0v) is 34.3. The van der Waals surface area contributed by atoms with Gasteiger partial charge in [-0.25, -0.2) is 15.0 Å². The van der Waals surface area contributed by atoms with Crippen LogP contribution < -0.4 is 10.4 Å². The number of thiophene rings is 1. The second-order valence-corrected chi connectivity index (χ2v) is 21.4. The Bertz CT molecular complexity index is 3480. The molecule has 0 unspecified atom stereocenters. The van der Waals surface area contributed by atoms with Crippen molar-refractivity contribution < 1.29 is 0 Å². The average Bonchev–Trinajstić information content (AvgIpc) is 3.90. The Morgan fingerprint density at radius 2 is 1.03 bits per heavy atom. The van der Waals surface area contributed by atoms with Crippen LogP contribution in [0.5, 0.6) is 0 Å². The summed E-state index contributed by atoms with van der Waals surface area (Å²) in [5.74, 6) is 1.98. The number of hydrogen-bond donors (Lipinski definition) is 0. The monoisotopic (exact) mass is 788 g/mol. The predicted molar refractivity (Wildman–Crippen MR) is 251 cm³/mol. The van der Waals surface area contributed by atoms with Crippen molar-refractivity contribution in [3.05, 3.63) is 182 Å². The maximum atomic E-state index is 5.35. The molecule has 0 atom stereocenters. The third-order valence-electron chi connectivity index (χ3n) is 12.3. The Hall–Kier alpha value is -6.99. The number of rotatable bonds is 5. The fraction of sp³-hybridized carbons (Fsp3) is 0.0377. The number of nitrogens with zero attached hydrogens (tertiary/aromatic N) is 4. The second kappa shape index (κ2) is 13.0. The molecule has 1 aliphatic rings. The minimum absolute atomic E-state index is 0.645. The van der Waals surface area contributed by atoms with E-state index in [1.54, 1.807) is 0 Å². The molecule has 0 bridgehead atoms. The van der Waals surface area contributed by atoms with Crippen molar-refractivity contribution in [2.24, 2.45) is 0 Å². The Kier molecular flexibility index (Phi) is 7.52. The van der Waals surface area contributed by atoms with Gasteiger partial charge in [0.1, 0.15) is 8.07 Å². The van der Waals surface area contributed by atoms with Gasteiger partial charge in [0, 0.05) is 47.6 Å². The molecule has 278 valence electrons. The maximum absolute atomic E-state index is 5.35. The molecule has 0 aliphatic carbocycles. The lowest BCUT2D eigenvalue weighted by Crippen LogP contribution is -2.49. The highest BCUT2D eigenvalue weighted by atomic mass is 32.1. The van der Waals surface area contributed by atoms with Gasteiger partial charge >= 0.3 is 0 Å². The summed E-state index contributed by atoms with van der Waals surface area (Å²) in [7, 11) is -1.92. The topological polar surface area (TPSA) is 43.6 Å². The maximum Gasteiger partial charge on any atom is 0.166 e. The molecule has 8 aromatic carbocycles. The Labute approximate surface area is 346 Å². The standard InChI is InChI=1S/C53H36N4SSi/c1-59(2)48-27-14-11-21-38(48)39-29-28-35(30-49(39)59)52-54-51(34-18-7-4-8-19-34)55-53(56-52)41-22-10-13-26-45(41)57-44-25-12-9-20-37(44)42-31-43-40-24-15-23-36(33-16-5-3-6-17-33)50(40)58-47(43)32-46(42)57/h3-32H,1-2H3. The van der Waals surface area contributed by atoms with Crippen LogP contribution in [0, 0.1) is 0 Å². The lowest BCUT2D eigenvalue weighted by Gasteiger charge is -2.19. The van der Waals surface area contributed by atoms with E-state index in [1.165, 1.54) is 63.6 Å². The van der Waals surface area contributed by atoms with E-state index in [-0.39, 0.29) is 0 Å². The molecule has 0 spiro atoms. The van der Waals surface area contributed by atoms with Crippen LogP contribution in [0.3, 0.4) is 0 Å². The largest absolute Gasteiger partial charge is 0.308 e. The van der Waals surface area contributed by atoms with Crippen LogP contribution in [0.2, 0.25) is 13.1 Å². The minimum atomic E-state index is -1.92. The minimum Gasteiger partial charge on any atom is -0.308 e. The summed E-state index contributed by atoms with van der Waals surface area (Å²) < 4.78 is 4.98. The average molecular weight is 789 g/mol. The van der Waals surface area contributed by atoms with Crippen molar-refractivity contribution in [2.45, 2.75) is 13.1 Å². The second-order valence-electron chi connectivity index (χ2n) is 16.0. The summed E-state index contributed by atoms with van der Waals surface area (Å²) in [5, 5.41) is 7.92. The van der Waals surface area contributed by atoms with Crippen LogP contribution in [0.4, 0.5) is 0 Å². The van der Waals surface area contributed by atoms with Crippen LogP contribution in [0.1, 0.15) is 0 Å². The molecule has 4 nitrogen and oxygen atoms in total. The van der Waals surface area contributed by atoms with E-state index in [2.05, 4.69) is 181 Å². The van der Waals surface area contributed by atoms with E-state index in [9.17, 15) is 0 Å². The molecule has 0 N–H and O–H groups in total. The van der Waals surface area contributed by atoms with E-state index in [0.717, 1.165) is 33.4 Å². The first-order chi connectivity index (χ1) is 29.0. The molecular formula is C53H36N4SSi. The van der Waals surface area contributed by atoms with Crippen molar-refractivity contribution in [2.75, 3.05) is 0 Å². The zero-order chi connectivity index (χ0) is 39.2. The molecule has 4 heterocycles. The fourth-order valence-electron chi connectivity index (χ4n) is 9.41. The third-order valence-corrected chi connectivity index (χ3v) is 17.0. The zero-order valence-electron chi connectivity index (χ0n) is 32.5.